The zero-order valence-corrected chi connectivity index (χ0v) is 17.8. The van der Waals surface area contributed by atoms with E-state index in [1.54, 1.807) is 18.2 Å². The first-order chi connectivity index (χ1) is 14.8. The lowest BCUT2D eigenvalue weighted by molar-refractivity contribution is -0.132. The molecule has 0 radical (unpaired) electrons. The largest absolute Gasteiger partial charge is 0.367 e. The second kappa shape index (κ2) is 10.5. The van der Waals surface area contributed by atoms with Crippen LogP contribution in [0.3, 0.4) is 0 Å². The van der Waals surface area contributed by atoms with E-state index >= 15 is 0 Å². The number of amides is 1. The Bertz CT molecular complexity index is 1040. The Morgan fingerprint density at radius 2 is 2.00 bits per heavy atom. The van der Waals surface area contributed by atoms with Crippen LogP contribution in [0.15, 0.2) is 48.5 Å². The third-order valence-corrected chi connectivity index (χ3v) is 5.61. The quantitative estimate of drug-likeness (QED) is 0.555. The molecule has 0 saturated carbocycles. The minimum atomic E-state index is -4.10. The van der Waals surface area contributed by atoms with Gasteiger partial charge in [-0.15, -0.1) is 0 Å². The van der Waals surface area contributed by atoms with Crippen molar-refractivity contribution in [1.82, 2.24) is 10.6 Å². The van der Waals surface area contributed by atoms with Crippen molar-refractivity contribution in [3.63, 3.8) is 0 Å². The molecule has 3 N–H and O–H groups in total. The Morgan fingerprint density at radius 1 is 1.23 bits per heavy atom. The molecule has 2 atom stereocenters. The van der Waals surface area contributed by atoms with Gasteiger partial charge in [-0.25, -0.2) is 0 Å². The van der Waals surface area contributed by atoms with Crippen LogP contribution in [0.25, 0.3) is 11.1 Å². The molecule has 1 aliphatic rings. The van der Waals surface area contributed by atoms with Gasteiger partial charge >= 0.3 is 0 Å². The SMILES string of the molecule is N#CC(Cc1ccc(-c2cccc(CS(=O)(=O)O)c2)cc1)NC(=O)[C@@H]1CNCCCO1. The molecule has 1 heterocycles. The van der Waals surface area contributed by atoms with E-state index in [2.05, 4.69) is 16.7 Å². The maximum atomic E-state index is 12.4. The maximum absolute atomic E-state index is 12.4. The lowest BCUT2D eigenvalue weighted by atomic mass is 10.00. The van der Waals surface area contributed by atoms with E-state index < -0.39 is 28.0 Å². The lowest BCUT2D eigenvalue weighted by Crippen LogP contribution is -2.46. The van der Waals surface area contributed by atoms with Crippen LogP contribution < -0.4 is 10.6 Å². The van der Waals surface area contributed by atoms with E-state index in [1.165, 1.54) is 0 Å². The van der Waals surface area contributed by atoms with Crippen molar-refractivity contribution in [3.05, 3.63) is 59.7 Å². The van der Waals surface area contributed by atoms with Crippen LogP contribution in [-0.2, 0) is 31.8 Å². The molecule has 1 aliphatic heterocycles. The molecule has 1 fully saturated rings. The smallest absolute Gasteiger partial charge is 0.269 e. The summed E-state index contributed by atoms with van der Waals surface area (Å²) in [5.74, 6) is -0.740. The fourth-order valence-corrected chi connectivity index (χ4v) is 4.00. The predicted octanol–water partition coefficient (Wildman–Crippen LogP) is 1.67. The first kappa shape index (κ1) is 22.9. The highest BCUT2D eigenvalue weighted by atomic mass is 32.2. The van der Waals surface area contributed by atoms with E-state index in [0.717, 1.165) is 29.7 Å². The summed E-state index contributed by atoms with van der Waals surface area (Å²) in [6.45, 7) is 1.74. The molecule has 8 nitrogen and oxygen atoms in total. The molecule has 9 heteroatoms. The van der Waals surface area contributed by atoms with Crippen LogP contribution in [0, 0.1) is 11.3 Å². The molecule has 2 aromatic carbocycles. The maximum Gasteiger partial charge on any atom is 0.269 e. The molecule has 3 rings (SSSR count). The molecular formula is C22H25N3O5S. The molecule has 164 valence electrons. The summed E-state index contributed by atoms with van der Waals surface area (Å²) in [6.07, 6.45) is 0.595. The molecule has 0 bridgehead atoms. The van der Waals surface area contributed by atoms with E-state index in [-0.39, 0.29) is 5.91 Å². The summed E-state index contributed by atoms with van der Waals surface area (Å²) < 4.78 is 36.8. The van der Waals surface area contributed by atoms with Gasteiger partial charge in [0.1, 0.15) is 17.9 Å². The van der Waals surface area contributed by atoms with Crippen molar-refractivity contribution in [2.45, 2.75) is 30.7 Å². The Morgan fingerprint density at radius 3 is 2.71 bits per heavy atom. The lowest BCUT2D eigenvalue weighted by Gasteiger charge is -2.18. The van der Waals surface area contributed by atoms with Crippen molar-refractivity contribution in [3.8, 4) is 17.2 Å². The molecule has 0 spiro atoms. The zero-order chi connectivity index (χ0) is 22.3. The fraction of sp³-hybridized carbons (Fsp3) is 0.364. The van der Waals surface area contributed by atoms with Gasteiger partial charge in [-0.3, -0.25) is 9.35 Å². The summed E-state index contributed by atoms with van der Waals surface area (Å²) in [5.41, 5.74) is 3.06. The zero-order valence-electron chi connectivity index (χ0n) is 17.0. The van der Waals surface area contributed by atoms with Gasteiger partial charge in [-0.05, 0) is 35.2 Å². The number of carbonyl (C=O) groups is 1. The highest BCUT2D eigenvalue weighted by Gasteiger charge is 2.23. The van der Waals surface area contributed by atoms with Crippen LogP contribution in [0.5, 0.6) is 0 Å². The van der Waals surface area contributed by atoms with Crippen LogP contribution in [0.2, 0.25) is 0 Å². The topological polar surface area (TPSA) is 129 Å². The molecule has 1 saturated heterocycles. The number of nitrogens with zero attached hydrogens (tertiary/aromatic N) is 1. The Labute approximate surface area is 182 Å². The molecular weight excluding hydrogens is 418 g/mol. The van der Waals surface area contributed by atoms with Gasteiger partial charge in [0.25, 0.3) is 16.0 Å². The normalized spacial score (nSPS) is 17.9. The van der Waals surface area contributed by atoms with Gasteiger partial charge in [-0.1, -0.05) is 48.5 Å². The van der Waals surface area contributed by atoms with Gasteiger partial charge in [-0.2, -0.15) is 13.7 Å². The third kappa shape index (κ3) is 7.15. The van der Waals surface area contributed by atoms with Crippen molar-refractivity contribution < 1.29 is 22.5 Å². The van der Waals surface area contributed by atoms with Gasteiger partial charge < -0.3 is 15.4 Å². The summed E-state index contributed by atoms with van der Waals surface area (Å²) >= 11 is 0. The predicted molar refractivity (Wildman–Crippen MR) is 116 cm³/mol. The van der Waals surface area contributed by atoms with E-state index in [0.29, 0.717) is 25.1 Å². The van der Waals surface area contributed by atoms with E-state index in [9.17, 15) is 18.5 Å². The number of nitrogens with one attached hydrogen (secondary N) is 2. The summed E-state index contributed by atoms with van der Waals surface area (Å²) in [7, 11) is -4.10. The Kier molecular flexibility index (Phi) is 7.76. The van der Waals surface area contributed by atoms with Crippen molar-refractivity contribution >= 4 is 16.0 Å². The van der Waals surface area contributed by atoms with Gasteiger partial charge in [0.15, 0.2) is 0 Å². The second-order valence-electron chi connectivity index (χ2n) is 7.44. The fourth-order valence-electron chi connectivity index (χ4n) is 3.40. The molecule has 31 heavy (non-hydrogen) atoms. The summed E-state index contributed by atoms with van der Waals surface area (Å²) in [5, 5.41) is 15.3. The minimum Gasteiger partial charge on any atom is -0.367 e. The number of hydrogen-bond donors (Lipinski definition) is 3. The number of hydrogen-bond acceptors (Lipinski definition) is 6. The number of ether oxygens (including phenoxy) is 1. The van der Waals surface area contributed by atoms with Crippen molar-refractivity contribution in [2.75, 3.05) is 19.7 Å². The molecule has 0 aromatic heterocycles. The second-order valence-corrected chi connectivity index (χ2v) is 8.89. The minimum absolute atomic E-state index is 0.298. The first-order valence-corrected chi connectivity index (χ1v) is 11.6. The van der Waals surface area contributed by atoms with Crippen LogP contribution in [-0.4, -0.2) is 50.7 Å². The van der Waals surface area contributed by atoms with Gasteiger partial charge in [0.2, 0.25) is 0 Å². The molecule has 2 aromatic rings. The van der Waals surface area contributed by atoms with Crippen LogP contribution in [0.1, 0.15) is 17.5 Å². The molecule has 1 amide bonds. The standard InChI is InChI=1S/C22H25N3O5S/c23-13-20(25-22(26)21-14-24-9-2-10-30-21)12-16-5-7-18(8-6-16)19-4-1-3-17(11-19)15-31(27,28)29/h1,3-8,11,20-21,24H,2,9-10,12,14-15H2,(H,25,26)(H,27,28,29)/t20?,21-/m0/s1. The summed E-state index contributed by atoms with van der Waals surface area (Å²) in [6, 6.07) is 15.8. The van der Waals surface area contributed by atoms with Gasteiger partial charge in [0.05, 0.1) is 6.07 Å². The van der Waals surface area contributed by atoms with Crippen LogP contribution >= 0.6 is 0 Å². The third-order valence-electron chi connectivity index (χ3n) is 4.91. The molecule has 1 unspecified atom stereocenters. The molecule has 0 aliphatic carbocycles. The van der Waals surface area contributed by atoms with Crippen molar-refractivity contribution in [1.29, 1.82) is 5.26 Å². The van der Waals surface area contributed by atoms with Crippen LogP contribution in [0.4, 0.5) is 0 Å². The first-order valence-electron chi connectivity index (χ1n) is 10.00. The Balaban J connectivity index is 1.63. The van der Waals surface area contributed by atoms with E-state index in [1.807, 2.05) is 30.3 Å². The highest BCUT2D eigenvalue weighted by molar-refractivity contribution is 7.85. The average molecular weight is 444 g/mol. The van der Waals surface area contributed by atoms with Crippen molar-refractivity contribution in [2.24, 2.45) is 0 Å². The number of nitriles is 1. The monoisotopic (exact) mass is 443 g/mol. The number of rotatable bonds is 7. The summed E-state index contributed by atoms with van der Waals surface area (Å²) in [4.78, 5) is 12.4. The average Bonchev–Trinajstić information content (AvgIpc) is 3.02. The highest BCUT2D eigenvalue weighted by Crippen LogP contribution is 2.22. The van der Waals surface area contributed by atoms with E-state index in [4.69, 9.17) is 9.29 Å². The van der Waals surface area contributed by atoms with Gasteiger partial charge in [0, 0.05) is 19.6 Å². The number of carbonyl (C=O) groups excluding carboxylic acids is 1. The number of benzene rings is 2. The Hall–Kier alpha value is -2.77.